The van der Waals surface area contributed by atoms with Crippen molar-refractivity contribution >= 4 is 17.8 Å². The molecule has 0 radical (unpaired) electrons. The Kier molecular flexibility index (Phi) is 8.70. The van der Waals surface area contributed by atoms with Crippen molar-refractivity contribution in [1.29, 1.82) is 0 Å². The highest BCUT2D eigenvalue weighted by atomic mass is 19.4. The number of nitrogens with zero attached hydrogens (tertiary/aromatic N) is 3. The molecule has 2 rings (SSSR count). The summed E-state index contributed by atoms with van der Waals surface area (Å²) in [5.41, 5.74) is -0.317. The maximum Gasteiger partial charge on any atom is 0.416 e. The second kappa shape index (κ2) is 11.0. The summed E-state index contributed by atoms with van der Waals surface area (Å²) in [4.78, 5) is 31.7. The standard InChI is InChI=1S/C21H29F3N4O3/c1-4-31-19(30)16-8-10-28(11-9-16)20(26-14-18(29)27(2)3)25-13-15-6-5-7-17(12-15)21(22,23)24/h5-7,12,16H,4,8-11,13-14H2,1-3H3,(H,25,26). The lowest BCUT2D eigenvalue weighted by atomic mass is 9.97. The first-order valence-corrected chi connectivity index (χ1v) is 10.2. The number of likely N-dealkylation sites (N-methyl/N-ethyl adjacent to an activating group) is 1. The van der Waals surface area contributed by atoms with Crippen LogP contribution in [0.5, 0.6) is 0 Å². The molecule has 0 spiro atoms. The highest BCUT2D eigenvalue weighted by molar-refractivity contribution is 5.86. The molecule has 1 heterocycles. The van der Waals surface area contributed by atoms with Crippen molar-refractivity contribution in [2.75, 3.05) is 40.3 Å². The molecule has 0 saturated carbocycles. The van der Waals surface area contributed by atoms with Crippen molar-refractivity contribution in [3.05, 3.63) is 35.4 Å². The van der Waals surface area contributed by atoms with Gasteiger partial charge in [0.2, 0.25) is 5.91 Å². The predicted octanol–water partition coefficient (Wildman–Crippen LogP) is 2.51. The van der Waals surface area contributed by atoms with Crippen LogP contribution in [0.25, 0.3) is 0 Å². The van der Waals surface area contributed by atoms with Crippen LogP contribution in [0, 0.1) is 5.92 Å². The van der Waals surface area contributed by atoms with E-state index >= 15 is 0 Å². The second-order valence-electron chi connectivity index (χ2n) is 7.49. The number of hydrogen-bond donors (Lipinski definition) is 1. The topological polar surface area (TPSA) is 74.2 Å². The smallest absolute Gasteiger partial charge is 0.416 e. The summed E-state index contributed by atoms with van der Waals surface area (Å²) < 4.78 is 44.0. The molecule has 10 heteroatoms. The van der Waals surface area contributed by atoms with Gasteiger partial charge >= 0.3 is 12.1 Å². The van der Waals surface area contributed by atoms with Gasteiger partial charge in [0.15, 0.2) is 5.96 Å². The van der Waals surface area contributed by atoms with Crippen LogP contribution in [0.15, 0.2) is 29.3 Å². The van der Waals surface area contributed by atoms with Gasteiger partial charge in [-0.15, -0.1) is 0 Å². The summed E-state index contributed by atoms with van der Waals surface area (Å²) in [7, 11) is 3.27. The molecule has 0 aliphatic carbocycles. The Morgan fingerprint density at radius 1 is 1.26 bits per heavy atom. The molecule has 7 nitrogen and oxygen atoms in total. The van der Waals surface area contributed by atoms with Gasteiger partial charge in [-0.3, -0.25) is 9.59 Å². The SMILES string of the molecule is CCOC(=O)C1CCN(C(=NCc2cccc(C(F)(F)F)c2)NCC(=O)N(C)C)CC1. The molecule has 1 N–H and O–H groups in total. The molecule has 0 unspecified atom stereocenters. The molecule has 1 fully saturated rings. The van der Waals surface area contributed by atoms with Gasteiger partial charge in [0.1, 0.15) is 0 Å². The van der Waals surface area contributed by atoms with Crippen LogP contribution in [0.1, 0.15) is 30.9 Å². The number of benzene rings is 1. The minimum atomic E-state index is -4.42. The van der Waals surface area contributed by atoms with Crippen molar-refractivity contribution in [1.82, 2.24) is 15.1 Å². The van der Waals surface area contributed by atoms with E-state index in [4.69, 9.17) is 4.74 Å². The molecule has 1 aromatic carbocycles. The maximum absolute atomic E-state index is 13.0. The number of ether oxygens (including phenoxy) is 1. The molecule has 0 bridgehead atoms. The van der Waals surface area contributed by atoms with Gasteiger partial charge in [-0.05, 0) is 37.5 Å². The molecule has 31 heavy (non-hydrogen) atoms. The van der Waals surface area contributed by atoms with E-state index in [0.29, 0.717) is 44.1 Å². The van der Waals surface area contributed by atoms with Gasteiger partial charge in [-0.1, -0.05) is 12.1 Å². The summed E-state index contributed by atoms with van der Waals surface area (Å²) in [6.07, 6.45) is -3.27. The average molecular weight is 442 g/mol. The van der Waals surface area contributed by atoms with E-state index in [-0.39, 0.29) is 30.9 Å². The van der Waals surface area contributed by atoms with E-state index in [1.54, 1.807) is 27.1 Å². The Morgan fingerprint density at radius 2 is 1.94 bits per heavy atom. The third-order valence-corrected chi connectivity index (χ3v) is 4.98. The predicted molar refractivity (Wildman–Crippen MR) is 110 cm³/mol. The number of carbonyl (C=O) groups is 2. The number of piperidine rings is 1. The molecule has 1 saturated heterocycles. The molecule has 0 atom stereocenters. The fourth-order valence-electron chi connectivity index (χ4n) is 3.18. The molecule has 1 aromatic rings. The first-order chi connectivity index (χ1) is 14.6. The van der Waals surface area contributed by atoms with Crippen molar-refractivity contribution in [3.63, 3.8) is 0 Å². The lowest BCUT2D eigenvalue weighted by Gasteiger charge is -2.33. The van der Waals surface area contributed by atoms with E-state index in [9.17, 15) is 22.8 Å². The van der Waals surface area contributed by atoms with Gasteiger partial charge < -0.3 is 19.9 Å². The van der Waals surface area contributed by atoms with E-state index < -0.39 is 11.7 Å². The molecule has 172 valence electrons. The van der Waals surface area contributed by atoms with Crippen LogP contribution in [-0.4, -0.2) is 68.0 Å². The maximum atomic E-state index is 13.0. The van der Waals surface area contributed by atoms with Crippen molar-refractivity contribution < 1.29 is 27.5 Å². The third-order valence-electron chi connectivity index (χ3n) is 4.98. The van der Waals surface area contributed by atoms with E-state index in [2.05, 4.69) is 10.3 Å². The highest BCUT2D eigenvalue weighted by Crippen LogP contribution is 2.29. The summed E-state index contributed by atoms with van der Waals surface area (Å²) >= 11 is 0. The fourth-order valence-corrected chi connectivity index (χ4v) is 3.18. The zero-order valence-corrected chi connectivity index (χ0v) is 18.0. The van der Waals surface area contributed by atoms with Crippen molar-refractivity contribution in [2.24, 2.45) is 10.9 Å². The Balaban J connectivity index is 2.12. The number of alkyl halides is 3. The minimum Gasteiger partial charge on any atom is -0.466 e. The van der Waals surface area contributed by atoms with Gasteiger partial charge in [-0.2, -0.15) is 13.2 Å². The Bertz CT molecular complexity index is 788. The van der Waals surface area contributed by atoms with Crippen LogP contribution >= 0.6 is 0 Å². The number of carbonyl (C=O) groups excluding carboxylic acids is 2. The number of esters is 1. The van der Waals surface area contributed by atoms with Crippen LogP contribution < -0.4 is 5.32 Å². The molecular formula is C21H29F3N4O3. The summed E-state index contributed by atoms with van der Waals surface area (Å²) in [5, 5.41) is 3.00. The van der Waals surface area contributed by atoms with Crippen LogP contribution in [0.3, 0.4) is 0 Å². The third kappa shape index (κ3) is 7.45. The van der Waals surface area contributed by atoms with Gasteiger partial charge in [0.25, 0.3) is 0 Å². The number of guanidine groups is 1. The van der Waals surface area contributed by atoms with Crippen LogP contribution in [0.4, 0.5) is 13.2 Å². The van der Waals surface area contributed by atoms with Crippen molar-refractivity contribution in [2.45, 2.75) is 32.5 Å². The highest BCUT2D eigenvalue weighted by Gasteiger charge is 2.30. The normalized spacial score (nSPS) is 15.5. The summed E-state index contributed by atoms with van der Waals surface area (Å²) in [6, 6.07) is 5.01. The van der Waals surface area contributed by atoms with E-state index in [1.165, 1.54) is 11.0 Å². The van der Waals surface area contributed by atoms with Crippen molar-refractivity contribution in [3.8, 4) is 0 Å². The zero-order valence-electron chi connectivity index (χ0n) is 18.0. The number of amides is 1. The average Bonchev–Trinajstić information content (AvgIpc) is 2.73. The van der Waals surface area contributed by atoms with Crippen LogP contribution in [-0.2, 0) is 27.0 Å². The molecule has 1 amide bonds. The lowest BCUT2D eigenvalue weighted by molar-refractivity contribution is -0.149. The zero-order chi connectivity index (χ0) is 23.0. The van der Waals surface area contributed by atoms with E-state index in [0.717, 1.165) is 12.1 Å². The largest absolute Gasteiger partial charge is 0.466 e. The minimum absolute atomic E-state index is 0.00618. The molecule has 1 aliphatic rings. The fraction of sp³-hybridized carbons (Fsp3) is 0.571. The number of nitrogens with one attached hydrogen (secondary N) is 1. The number of halogens is 3. The second-order valence-corrected chi connectivity index (χ2v) is 7.49. The summed E-state index contributed by atoms with van der Waals surface area (Å²) in [5.74, 6) is -0.146. The molecule has 0 aromatic heterocycles. The Morgan fingerprint density at radius 3 is 2.52 bits per heavy atom. The molecular weight excluding hydrogens is 413 g/mol. The number of aliphatic imine (C=N–C) groups is 1. The van der Waals surface area contributed by atoms with Gasteiger partial charge in [-0.25, -0.2) is 4.99 Å². The monoisotopic (exact) mass is 442 g/mol. The first kappa shape index (κ1) is 24.5. The Hall–Kier alpha value is -2.78. The number of rotatable bonds is 6. The van der Waals surface area contributed by atoms with E-state index in [1.807, 2.05) is 4.90 Å². The summed E-state index contributed by atoms with van der Waals surface area (Å²) in [6.45, 7) is 3.17. The Labute approximate surface area is 180 Å². The van der Waals surface area contributed by atoms with Gasteiger partial charge in [0.05, 0.1) is 31.2 Å². The number of likely N-dealkylation sites (tertiary alicyclic amines) is 1. The molecule has 1 aliphatic heterocycles. The lowest BCUT2D eigenvalue weighted by Crippen LogP contribution is -2.49. The van der Waals surface area contributed by atoms with Crippen LogP contribution in [0.2, 0.25) is 0 Å². The first-order valence-electron chi connectivity index (χ1n) is 10.2. The van der Waals surface area contributed by atoms with Gasteiger partial charge in [0, 0.05) is 27.2 Å². The quantitative estimate of drug-likeness (QED) is 0.416. The number of hydrogen-bond acceptors (Lipinski definition) is 4.